The van der Waals surface area contributed by atoms with Crippen molar-refractivity contribution in [2.45, 2.75) is 79.2 Å². The van der Waals surface area contributed by atoms with E-state index in [-0.39, 0.29) is 18.6 Å². The van der Waals surface area contributed by atoms with Gasteiger partial charge in [0.2, 0.25) is 0 Å². The highest BCUT2D eigenvalue weighted by molar-refractivity contribution is 5.89. The first kappa shape index (κ1) is 32.4. The fourth-order valence-corrected chi connectivity index (χ4v) is 12.2. The van der Waals surface area contributed by atoms with Crippen LogP contribution in [0.1, 0.15) is 30.1 Å². The van der Waals surface area contributed by atoms with Crippen LogP contribution in [0.2, 0.25) is 0 Å². The smallest absolute Gasteiger partial charge is 0.338 e. The van der Waals surface area contributed by atoms with E-state index < -0.39 is 106 Å². The van der Waals surface area contributed by atoms with Gasteiger partial charge in [0.25, 0.3) is 0 Å². The first-order valence-electron chi connectivity index (χ1n) is 15.9. The maximum absolute atomic E-state index is 13.7. The number of piperidine rings is 1. The maximum Gasteiger partial charge on any atom is 0.338 e. The van der Waals surface area contributed by atoms with Gasteiger partial charge in [0.1, 0.15) is 23.9 Å². The van der Waals surface area contributed by atoms with Gasteiger partial charge in [-0.2, -0.15) is 0 Å². The van der Waals surface area contributed by atoms with Crippen LogP contribution in [0.3, 0.4) is 0 Å². The molecular formula is C33H45NO12. The lowest BCUT2D eigenvalue weighted by molar-refractivity contribution is -0.353. The van der Waals surface area contributed by atoms with Crippen LogP contribution < -0.4 is 0 Å². The Bertz CT molecular complexity index is 1400. The molecule has 5 saturated carbocycles. The van der Waals surface area contributed by atoms with Crippen molar-refractivity contribution in [1.82, 2.24) is 4.90 Å². The molecule has 4 N–H and O–H groups in total. The summed E-state index contributed by atoms with van der Waals surface area (Å²) >= 11 is 0. The Morgan fingerprint density at radius 1 is 0.978 bits per heavy atom. The summed E-state index contributed by atoms with van der Waals surface area (Å²) in [6.45, 7) is 1.68. The summed E-state index contributed by atoms with van der Waals surface area (Å²) in [6.07, 6.45) is -7.39. The number of likely N-dealkylation sites (tertiary alicyclic amines) is 1. The number of carbonyl (C=O) groups is 2. The molecule has 13 nitrogen and oxygen atoms in total. The van der Waals surface area contributed by atoms with Crippen LogP contribution in [-0.2, 0) is 33.2 Å². The Kier molecular flexibility index (Phi) is 7.31. The fourth-order valence-electron chi connectivity index (χ4n) is 12.2. The highest BCUT2D eigenvalue weighted by atomic mass is 16.6. The summed E-state index contributed by atoms with van der Waals surface area (Å²) in [5.41, 5.74) is -8.16. The normalized spacial score (nSPS) is 51.5. The molecule has 1 aromatic rings. The van der Waals surface area contributed by atoms with Crippen LogP contribution in [0.4, 0.5) is 0 Å². The number of hydrogen-bond donors (Lipinski definition) is 4. The van der Waals surface area contributed by atoms with Gasteiger partial charge in [-0.05, 0) is 19.2 Å². The van der Waals surface area contributed by atoms with Crippen molar-refractivity contribution >= 4 is 11.9 Å². The lowest BCUT2D eigenvalue weighted by Gasteiger charge is -2.72. The predicted octanol–water partition coefficient (Wildman–Crippen LogP) is -0.627. The van der Waals surface area contributed by atoms with Gasteiger partial charge in [-0.25, -0.2) is 4.79 Å². The number of methoxy groups -OCH3 is 4. The van der Waals surface area contributed by atoms with Gasteiger partial charge >= 0.3 is 11.9 Å². The summed E-state index contributed by atoms with van der Waals surface area (Å²) in [5.74, 6) is -4.35. The summed E-state index contributed by atoms with van der Waals surface area (Å²) in [4.78, 5) is 28.9. The van der Waals surface area contributed by atoms with E-state index in [0.717, 1.165) is 0 Å². The first-order valence-corrected chi connectivity index (χ1v) is 15.9. The highest BCUT2D eigenvalue weighted by Crippen LogP contribution is 2.81. The molecule has 7 bridgehead atoms. The van der Waals surface area contributed by atoms with Gasteiger partial charge in [0.05, 0.1) is 42.0 Å². The Morgan fingerprint density at radius 2 is 1.67 bits per heavy atom. The molecule has 6 fully saturated rings. The van der Waals surface area contributed by atoms with Crippen molar-refractivity contribution in [2.24, 2.45) is 28.6 Å². The number of aliphatic hydroxyl groups excluding tert-OH is 2. The van der Waals surface area contributed by atoms with Crippen molar-refractivity contribution < 1.29 is 58.4 Å². The molecule has 0 unspecified atom stereocenters. The number of ether oxygens (including phenoxy) is 6. The average Bonchev–Trinajstić information content (AvgIpc) is 3.38. The lowest BCUT2D eigenvalue weighted by atomic mass is 9.40. The number of fused-ring (bicyclic) bond motifs is 2. The number of esters is 2. The second-order valence-electron chi connectivity index (χ2n) is 14.4. The quantitative estimate of drug-likeness (QED) is 0.263. The molecule has 1 heterocycles. The number of benzene rings is 1. The first-order chi connectivity index (χ1) is 21.8. The minimum absolute atomic E-state index is 0.113. The third-order valence-corrected chi connectivity index (χ3v) is 12.9. The molecular weight excluding hydrogens is 602 g/mol. The monoisotopic (exact) mass is 647 g/mol. The second kappa shape index (κ2) is 10.4. The topological polar surface area (TPSA) is 174 Å². The number of nitrogens with zero attached hydrogens (tertiary/aromatic N) is 1. The van der Waals surface area contributed by atoms with Crippen molar-refractivity contribution in [2.75, 3.05) is 48.6 Å². The van der Waals surface area contributed by atoms with Crippen LogP contribution in [0, 0.1) is 28.6 Å². The molecule has 6 aliphatic rings. The van der Waals surface area contributed by atoms with Crippen LogP contribution in [0.15, 0.2) is 30.3 Å². The molecule has 7 rings (SSSR count). The van der Waals surface area contributed by atoms with Crippen molar-refractivity contribution in [3.05, 3.63) is 35.9 Å². The van der Waals surface area contributed by atoms with Gasteiger partial charge < -0.3 is 53.7 Å². The number of carbonyl (C=O) groups excluding carboxylic acids is 2. The molecule has 15 atom stereocenters. The van der Waals surface area contributed by atoms with E-state index in [9.17, 15) is 30.0 Å². The summed E-state index contributed by atoms with van der Waals surface area (Å²) in [5, 5.41) is 50.8. The molecule has 5 aliphatic carbocycles. The van der Waals surface area contributed by atoms with E-state index in [2.05, 4.69) is 0 Å². The van der Waals surface area contributed by atoms with Crippen LogP contribution >= 0.6 is 0 Å². The van der Waals surface area contributed by atoms with E-state index >= 15 is 0 Å². The summed E-state index contributed by atoms with van der Waals surface area (Å²) < 4.78 is 36.7. The molecule has 0 amide bonds. The van der Waals surface area contributed by atoms with Gasteiger partial charge in [0, 0.05) is 83.5 Å². The molecule has 1 saturated heterocycles. The SMILES string of the molecule is COC[C@]12CN(C)[C@@H]3[C@@H]4[C@H](OC)[C@H]1[C@]3([C@@H](OC)C[C@H]2O)[C@]1(O)C[C@@]2(O)[C@H](OC(=O)c3ccccc3)[C@@H]1[C@]4(OC(C)=O)[C@@H](O)[C@@H]2OC. The van der Waals surface area contributed by atoms with E-state index in [0.29, 0.717) is 6.54 Å². The molecule has 13 heteroatoms. The molecule has 1 aromatic carbocycles. The largest absolute Gasteiger partial charge is 0.455 e. The average molecular weight is 648 g/mol. The molecule has 1 spiro atoms. The van der Waals surface area contributed by atoms with E-state index in [1.165, 1.54) is 28.3 Å². The third kappa shape index (κ3) is 3.41. The zero-order chi connectivity index (χ0) is 33.2. The van der Waals surface area contributed by atoms with E-state index in [1.807, 2.05) is 11.9 Å². The Hall–Kier alpha value is -2.20. The standard InChI is InChI=1S/C33H45NO12/c1-16(35)46-33-20-21(43-5)22-29(15-41-3)14-34(2)24(20)32(22,19(42-4)12-18(29)36)31(40)13-30(39,27(44-6)25(33)37)26(23(31)33)45-28(38)17-10-8-7-9-11-17/h7-11,18-27,36-37,39-40H,12-15H2,1-6H3/t18-,19+,20+,21+,22-,23+,24-,25+,26-,27+,29+,30-,31+,32+,33+/m1/s1. The predicted molar refractivity (Wildman–Crippen MR) is 157 cm³/mol. The number of aliphatic hydroxyl groups is 4. The third-order valence-electron chi connectivity index (χ3n) is 12.9. The molecule has 46 heavy (non-hydrogen) atoms. The van der Waals surface area contributed by atoms with Crippen molar-refractivity contribution in [3.63, 3.8) is 0 Å². The van der Waals surface area contributed by atoms with Gasteiger partial charge in [-0.1, -0.05) is 18.2 Å². The number of rotatable bonds is 8. The van der Waals surface area contributed by atoms with Crippen LogP contribution in [-0.4, -0.2) is 145 Å². The van der Waals surface area contributed by atoms with E-state index in [1.54, 1.807) is 37.4 Å². The Labute approximate surface area is 267 Å². The molecule has 0 aromatic heterocycles. The van der Waals surface area contributed by atoms with Crippen LogP contribution in [0.25, 0.3) is 0 Å². The van der Waals surface area contributed by atoms with Gasteiger partial charge in [-0.15, -0.1) is 0 Å². The molecule has 0 radical (unpaired) electrons. The zero-order valence-corrected chi connectivity index (χ0v) is 27.0. The Morgan fingerprint density at radius 3 is 2.26 bits per heavy atom. The van der Waals surface area contributed by atoms with Gasteiger partial charge in [-0.3, -0.25) is 4.79 Å². The minimum Gasteiger partial charge on any atom is -0.455 e. The second-order valence-corrected chi connectivity index (χ2v) is 14.4. The van der Waals surface area contributed by atoms with Crippen molar-refractivity contribution in [1.29, 1.82) is 0 Å². The maximum atomic E-state index is 13.7. The lowest BCUT2D eigenvalue weighted by Crippen LogP contribution is -2.85. The number of hydrogen-bond acceptors (Lipinski definition) is 13. The Balaban J connectivity index is 1.56. The zero-order valence-electron chi connectivity index (χ0n) is 27.0. The highest BCUT2D eigenvalue weighted by Gasteiger charge is 2.96. The van der Waals surface area contributed by atoms with E-state index in [4.69, 9.17) is 28.4 Å². The molecule has 1 aliphatic heterocycles. The fraction of sp³-hybridized carbons (Fsp3) is 0.758. The van der Waals surface area contributed by atoms with Crippen LogP contribution in [0.5, 0.6) is 0 Å². The molecule has 254 valence electrons. The minimum atomic E-state index is -2.12. The summed E-state index contributed by atoms with van der Waals surface area (Å²) in [6, 6.07) is 7.61. The van der Waals surface area contributed by atoms with Gasteiger partial charge in [0.15, 0.2) is 5.60 Å². The van der Waals surface area contributed by atoms with Crippen molar-refractivity contribution in [3.8, 4) is 0 Å². The summed E-state index contributed by atoms with van der Waals surface area (Å²) in [7, 11) is 7.77.